The summed E-state index contributed by atoms with van der Waals surface area (Å²) in [5.74, 6) is 0.0293. The molecule has 0 aliphatic heterocycles. The maximum absolute atomic E-state index is 12.0. The molecule has 2 rings (SSSR count). The van der Waals surface area contributed by atoms with Crippen molar-refractivity contribution in [2.45, 2.75) is 45.6 Å². The Kier molecular flexibility index (Phi) is 3.71. The van der Waals surface area contributed by atoms with Gasteiger partial charge >= 0.3 is 0 Å². The summed E-state index contributed by atoms with van der Waals surface area (Å²) in [5, 5.41) is 0. The zero-order valence-corrected chi connectivity index (χ0v) is 11.3. The quantitative estimate of drug-likeness (QED) is 0.816. The number of hydroxylamine groups is 1. The average molecular weight is 247 g/mol. The van der Waals surface area contributed by atoms with E-state index in [0.29, 0.717) is 0 Å². The number of hydrogen-bond acceptors (Lipinski definition) is 2. The molecule has 98 valence electrons. The van der Waals surface area contributed by atoms with Crippen molar-refractivity contribution in [2.75, 3.05) is 0 Å². The number of aryl methyl sites for hydroxylation is 1. The standard InChI is InChI=1S/C15H21NO2/c1-15(2,3)18-16-14(17)13-9-8-11-6-4-5-7-12(11)10-13/h4-7,13H,8-10H2,1-3H3,(H,16,17). The van der Waals surface area contributed by atoms with Crippen LogP contribution in [0.2, 0.25) is 0 Å². The normalized spacial score (nSPS) is 19.2. The minimum atomic E-state index is -0.345. The van der Waals surface area contributed by atoms with E-state index in [9.17, 15) is 4.79 Å². The molecule has 0 aromatic heterocycles. The molecule has 1 unspecified atom stereocenters. The first kappa shape index (κ1) is 13.1. The van der Waals surface area contributed by atoms with E-state index in [-0.39, 0.29) is 17.4 Å². The summed E-state index contributed by atoms with van der Waals surface area (Å²) < 4.78 is 0. The Balaban J connectivity index is 1.95. The molecule has 1 aliphatic carbocycles. The Morgan fingerprint density at radius 3 is 2.61 bits per heavy atom. The van der Waals surface area contributed by atoms with Gasteiger partial charge in [0.15, 0.2) is 0 Å². The van der Waals surface area contributed by atoms with Crippen molar-refractivity contribution in [3.8, 4) is 0 Å². The van der Waals surface area contributed by atoms with E-state index < -0.39 is 0 Å². The molecule has 0 saturated heterocycles. The Morgan fingerprint density at radius 1 is 1.28 bits per heavy atom. The summed E-state index contributed by atoms with van der Waals surface area (Å²) in [4.78, 5) is 17.4. The molecular weight excluding hydrogens is 226 g/mol. The van der Waals surface area contributed by atoms with Gasteiger partial charge in [0.2, 0.25) is 5.91 Å². The number of carbonyl (C=O) groups excluding carboxylic acids is 1. The molecule has 18 heavy (non-hydrogen) atoms. The first-order chi connectivity index (χ1) is 8.46. The molecule has 1 aromatic rings. The van der Waals surface area contributed by atoms with Crippen molar-refractivity contribution in [3.63, 3.8) is 0 Å². The molecule has 0 spiro atoms. The number of fused-ring (bicyclic) bond motifs is 1. The largest absolute Gasteiger partial charge is 0.272 e. The maximum Gasteiger partial charge on any atom is 0.247 e. The molecular formula is C15H21NO2. The highest BCUT2D eigenvalue weighted by molar-refractivity contribution is 5.78. The van der Waals surface area contributed by atoms with Gasteiger partial charge < -0.3 is 0 Å². The first-order valence-corrected chi connectivity index (χ1v) is 6.50. The molecule has 1 amide bonds. The molecule has 0 bridgehead atoms. The van der Waals surface area contributed by atoms with Crippen molar-refractivity contribution >= 4 is 5.91 Å². The van der Waals surface area contributed by atoms with E-state index in [4.69, 9.17) is 4.84 Å². The van der Waals surface area contributed by atoms with Crippen molar-refractivity contribution < 1.29 is 9.63 Å². The predicted molar refractivity (Wildman–Crippen MR) is 70.9 cm³/mol. The van der Waals surface area contributed by atoms with Crippen LogP contribution < -0.4 is 5.48 Å². The van der Waals surface area contributed by atoms with Crippen LogP contribution >= 0.6 is 0 Å². The summed E-state index contributed by atoms with van der Waals surface area (Å²) in [6, 6.07) is 8.35. The van der Waals surface area contributed by atoms with Gasteiger partial charge in [-0.1, -0.05) is 24.3 Å². The molecule has 1 aromatic carbocycles. The van der Waals surface area contributed by atoms with E-state index in [1.54, 1.807) is 0 Å². The zero-order chi connectivity index (χ0) is 13.2. The highest BCUT2D eigenvalue weighted by Gasteiger charge is 2.25. The maximum atomic E-state index is 12.0. The number of carbonyl (C=O) groups is 1. The molecule has 3 heteroatoms. The van der Waals surface area contributed by atoms with Crippen molar-refractivity contribution in [3.05, 3.63) is 35.4 Å². The molecule has 0 radical (unpaired) electrons. The second-order valence-corrected chi connectivity index (χ2v) is 5.89. The van der Waals surface area contributed by atoms with Gasteiger partial charge in [-0.15, -0.1) is 0 Å². The van der Waals surface area contributed by atoms with Crippen LogP contribution in [0.1, 0.15) is 38.3 Å². The highest BCUT2D eigenvalue weighted by Crippen LogP contribution is 2.25. The predicted octanol–water partition coefficient (Wildman–Crippen LogP) is 2.64. The fourth-order valence-corrected chi connectivity index (χ4v) is 2.21. The number of rotatable bonds is 2. The third-order valence-electron chi connectivity index (χ3n) is 3.18. The van der Waals surface area contributed by atoms with Crippen LogP contribution in [0, 0.1) is 5.92 Å². The third kappa shape index (κ3) is 3.33. The van der Waals surface area contributed by atoms with Gasteiger partial charge in [0.05, 0.1) is 5.60 Å². The summed E-state index contributed by atoms with van der Waals surface area (Å²) in [7, 11) is 0. The fourth-order valence-electron chi connectivity index (χ4n) is 2.21. The molecule has 0 saturated carbocycles. The van der Waals surface area contributed by atoms with Gasteiger partial charge in [-0.05, 0) is 51.2 Å². The summed E-state index contributed by atoms with van der Waals surface area (Å²) >= 11 is 0. The van der Waals surface area contributed by atoms with Crippen LogP contribution in [0.15, 0.2) is 24.3 Å². The van der Waals surface area contributed by atoms with Crippen LogP contribution in [0.3, 0.4) is 0 Å². The molecule has 0 heterocycles. The molecule has 1 N–H and O–H groups in total. The number of benzene rings is 1. The molecule has 3 nitrogen and oxygen atoms in total. The van der Waals surface area contributed by atoms with Crippen molar-refractivity contribution in [1.82, 2.24) is 5.48 Å². The topological polar surface area (TPSA) is 38.3 Å². The lowest BCUT2D eigenvalue weighted by molar-refractivity contribution is -0.150. The summed E-state index contributed by atoms with van der Waals surface area (Å²) in [6.07, 6.45) is 2.69. The van der Waals surface area contributed by atoms with Crippen LogP contribution in [0.4, 0.5) is 0 Å². The molecule has 1 aliphatic rings. The Bertz CT molecular complexity index is 434. The van der Waals surface area contributed by atoms with Gasteiger partial charge in [0.25, 0.3) is 0 Å². The molecule has 0 fully saturated rings. The van der Waals surface area contributed by atoms with Crippen LogP contribution in [-0.2, 0) is 22.5 Å². The van der Waals surface area contributed by atoms with E-state index in [0.717, 1.165) is 19.3 Å². The summed E-state index contributed by atoms with van der Waals surface area (Å²) in [6.45, 7) is 5.76. The van der Waals surface area contributed by atoms with Gasteiger partial charge in [0.1, 0.15) is 0 Å². The van der Waals surface area contributed by atoms with Gasteiger partial charge in [-0.2, -0.15) is 0 Å². The minimum absolute atomic E-state index is 0.000530. The lowest BCUT2D eigenvalue weighted by Crippen LogP contribution is -2.39. The van der Waals surface area contributed by atoms with Crippen molar-refractivity contribution in [1.29, 1.82) is 0 Å². The minimum Gasteiger partial charge on any atom is -0.272 e. The third-order valence-corrected chi connectivity index (χ3v) is 3.18. The first-order valence-electron chi connectivity index (χ1n) is 6.50. The second-order valence-electron chi connectivity index (χ2n) is 5.89. The Morgan fingerprint density at radius 2 is 1.94 bits per heavy atom. The smallest absolute Gasteiger partial charge is 0.247 e. The van der Waals surface area contributed by atoms with Crippen molar-refractivity contribution in [2.24, 2.45) is 5.92 Å². The SMILES string of the molecule is CC(C)(C)ONC(=O)C1CCc2ccccc2C1. The van der Waals surface area contributed by atoms with Crippen LogP contribution in [0.25, 0.3) is 0 Å². The highest BCUT2D eigenvalue weighted by atomic mass is 16.7. The van der Waals surface area contributed by atoms with E-state index in [1.165, 1.54) is 11.1 Å². The lowest BCUT2D eigenvalue weighted by Gasteiger charge is -2.25. The number of hydrogen-bond donors (Lipinski definition) is 1. The fraction of sp³-hybridized carbons (Fsp3) is 0.533. The Hall–Kier alpha value is -1.35. The van der Waals surface area contributed by atoms with E-state index >= 15 is 0 Å². The molecule has 1 atom stereocenters. The monoisotopic (exact) mass is 247 g/mol. The second kappa shape index (κ2) is 5.11. The van der Waals surface area contributed by atoms with Crippen LogP contribution in [-0.4, -0.2) is 11.5 Å². The van der Waals surface area contributed by atoms with Gasteiger partial charge in [-0.25, -0.2) is 5.48 Å². The van der Waals surface area contributed by atoms with E-state index in [1.807, 2.05) is 26.8 Å². The Labute approximate surface area is 108 Å². The van der Waals surface area contributed by atoms with Gasteiger partial charge in [0, 0.05) is 5.92 Å². The van der Waals surface area contributed by atoms with E-state index in [2.05, 4.69) is 23.7 Å². The average Bonchev–Trinajstić information content (AvgIpc) is 2.34. The lowest BCUT2D eigenvalue weighted by atomic mass is 9.83. The number of nitrogens with one attached hydrogen (secondary N) is 1. The zero-order valence-electron chi connectivity index (χ0n) is 11.3. The van der Waals surface area contributed by atoms with Gasteiger partial charge in [-0.3, -0.25) is 9.63 Å². The van der Waals surface area contributed by atoms with Crippen LogP contribution in [0.5, 0.6) is 0 Å². The number of amides is 1. The summed E-state index contributed by atoms with van der Waals surface area (Å²) in [5.41, 5.74) is 4.90.